The lowest BCUT2D eigenvalue weighted by Crippen LogP contribution is -2.33. The molecule has 0 unspecified atom stereocenters. The first-order valence-electron chi connectivity index (χ1n) is 10.1. The minimum atomic E-state index is -0.236. The second kappa shape index (κ2) is 6.05. The molecule has 0 amide bonds. The highest BCUT2D eigenvalue weighted by Crippen LogP contribution is 2.58. The van der Waals surface area contributed by atoms with E-state index in [2.05, 4.69) is 44.2 Å². The highest BCUT2D eigenvalue weighted by molar-refractivity contribution is 6.26. The minimum absolute atomic E-state index is 0.0632. The van der Waals surface area contributed by atoms with E-state index in [4.69, 9.17) is 4.74 Å². The van der Waals surface area contributed by atoms with Crippen molar-refractivity contribution in [3.8, 4) is 0 Å². The Bertz CT molecular complexity index is 1010. The summed E-state index contributed by atoms with van der Waals surface area (Å²) in [5, 5.41) is 11.2. The predicted molar refractivity (Wildman–Crippen MR) is 109 cm³/mol. The zero-order chi connectivity index (χ0) is 19.7. The van der Waals surface area contributed by atoms with Crippen LogP contribution in [0.1, 0.15) is 45.7 Å². The zero-order valence-electron chi connectivity index (χ0n) is 16.8. The summed E-state index contributed by atoms with van der Waals surface area (Å²) in [4.78, 5) is 13.4. The van der Waals surface area contributed by atoms with E-state index in [0.29, 0.717) is 5.57 Å². The van der Waals surface area contributed by atoms with Crippen LogP contribution < -0.4 is 0 Å². The Morgan fingerprint density at radius 1 is 0.964 bits per heavy atom. The van der Waals surface area contributed by atoms with E-state index in [0.717, 1.165) is 23.1 Å². The molecule has 0 spiro atoms. The third kappa shape index (κ3) is 2.29. The van der Waals surface area contributed by atoms with Gasteiger partial charge in [-0.1, -0.05) is 42.0 Å². The van der Waals surface area contributed by atoms with Crippen molar-refractivity contribution < 1.29 is 14.6 Å². The first-order valence-corrected chi connectivity index (χ1v) is 10.1. The molecular weight excluding hydrogens is 348 g/mol. The number of benzene rings is 2. The molecule has 1 aliphatic carbocycles. The van der Waals surface area contributed by atoms with Gasteiger partial charge in [0.25, 0.3) is 0 Å². The molecule has 2 aromatic carbocycles. The second-order valence-electron chi connectivity index (χ2n) is 8.79. The fraction of sp³-hybridized carbons (Fsp3) is 0.400. The second-order valence-corrected chi connectivity index (χ2v) is 8.79. The summed E-state index contributed by atoms with van der Waals surface area (Å²) in [6, 6.07) is 12.6. The van der Waals surface area contributed by atoms with Crippen LogP contribution in [0.15, 0.2) is 42.2 Å². The molecular formula is C25H26O3. The van der Waals surface area contributed by atoms with Crippen molar-refractivity contribution in [3.63, 3.8) is 0 Å². The van der Waals surface area contributed by atoms with Crippen LogP contribution in [-0.4, -0.2) is 23.1 Å². The summed E-state index contributed by atoms with van der Waals surface area (Å²) in [6.45, 7) is 8.24. The molecule has 3 aliphatic rings. The van der Waals surface area contributed by atoms with Crippen LogP contribution in [0.2, 0.25) is 0 Å². The number of carbonyl (C=O) groups excluding carboxylic acids is 1. The Kier molecular flexibility index (Phi) is 3.82. The molecule has 144 valence electrons. The number of ketones is 1. The summed E-state index contributed by atoms with van der Waals surface area (Å²) in [6.07, 6.45) is 0.635. The van der Waals surface area contributed by atoms with Gasteiger partial charge in [-0.05, 0) is 61.9 Å². The number of aryl methyl sites for hydroxylation is 4. The number of fused-ring (bicyclic) bond motifs is 5. The van der Waals surface area contributed by atoms with Gasteiger partial charge >= 0.3 is 0 Å². The van der Waals surface area contributed by atoms with Gasteiger partial charge in [0.1, 0.15) is 5.76 Å². The fourth-order valence-electron chi connectivity index (χ4n) is 5.99. The van der Waals surface area contributed by atoms with E-state index in [1.54, 1.807) is 0 Å². The van der Waals surface area contributed by atoms with E-state index < -0.39 is 0 Å². The van der Waals surface area contributed by atoms with Crippen molar-refractivity contribution >= 4 is 11.4 Å². The number of carbonyl (C=O) groups is 1. The normalized spacial score (nSPS) is 31.0. The number of aliphatic hydroxyl groups excluding tert-OH is 1. The van der Waals surface area contributed by atoms with Gasteiger partial charge < -0.3 is 9.84 Å². The predicted octanol–water partition coefficient (Wildman–Crippen LogP) is 4.96. The molecule has 0 saturated carbocycles. The average Bonchev–Trinajstić information content (AvgIpc) is 3.28. The third-order valence-electron chi connectivity index (χ3n) is 6.99. The first kappa shape index (κ1) is 17.7. The summed E-state index contributed by atoms with van der Waals surface area (Å²) < 4.78 is 6.25. The molecule has 2 aromatic rings. The highest BCUT2D eigenvalue weighted by atomic mass is 16.5. The van der Waals surface area contributed by atoms with Gasteiger partial charge in [-0.3, -0.25) is 4.79 Å². The maximum absolute atomic E-state index is 13.4. The van der Waals surface area contributed by atoms with Crippen molar-refractivity contribution in [2.24, 2.45) is 11.8 Å². The maximum atomic E-state index is 13.4. The van der Waals surface area contributed by atoms with Gasteiger partial charge in [0.15, 0.2) is 5.78 Å². The molecule has 2 fully saturated rings. The highest BCUT2D eigenvalue weighted by Gasteiger charge is 2.62. The van der Waals surface area contributed by atoms with Gasteiger partial charge in [0.2, 0.25) is 0 Å². The van der Waals surface area contributed by atoms with Crippen LogP contribution in [0.4, 0.5) is 0 Å². The van der Waals surface area contributed by atoms with Crippen LogP contribution >= 0.6 is 0 Å². The summed E-state index contributed by atoms with van der Waals surface area (Å²) in [7, 11) is 0. The molecule has 3 heteroatoms. The van der Waals surface area contributed by atoms with Crippen molar-refractivity contribution in [2.45, 2.75) is 52.2 Å². The standard InChI is InChI=1S/C25H26O3/c1-12-9-14(3)19(15(4)10-12)21-23(26)20-18-11-17(16-8-6-5-7-13(16)2)25(28-18)22(20)24(21)27/h5-10,17-18,20,22,25,27H,11H2,1-4H3/t17-,18-,20-,22+,25+/m0/s1. The lowest BCUT2D eigenvalue weighted by Gasteiger charge is -2.28. The van der Waals surface area contributed by atoms with Gasteiger partial charge in [0, 0.05) is 5.92 Å². The largest absolute Gasteiger partial charge is 0.511 e. The quantitative estimate of drug-likeness (QED) is 0.808. The van der Waals surface area contributed by atoms with Crippen LogP contribution in [-0.2, 0) is 9.53 Å². The molecule has 2 heterocycles. The molecule has 5 atom stereocenters. The number of allylic oxidation sites excluding steroid dienone is 1. The Morgan fingerprint density at radius 3 is 2.32 bits per heavy atom. The van der Waals surface area contributed by atoms with E-state index in [1.165, 1.54) is 16.7 Å². The van der Waals surface area contributed by atoms with Gasteiger partial charge in [-0.25, -0.2) is 0 Å². The molecule has 2 bridgehead atoms. The third-order valence-corrected chi connectivity index (χ3v) is 6.99. The smallest absolute Gasteiger partial charge is 0.173 e. The Hall–Kier alpha value is -2.39. The summed E-state index contributed by atoms with van der Waals surface area (Å²) >= 11 is 0. The molecule has 5 rings (SSSR count). The minimum Gasteiger partial charge on any atom is -0.511 e. The number of hydrogen-bond acceptors (Lipinski definition) is 3. The van der Waals surface area contributed by atoms with Crippen LogP contribution in [0.5, 0.6) is 0 Å². The van der Waals surface area contributed by atoms with Gasteiger partial charge in [-0.15, -0.1) is 0 Å². The van der Waals surface area contributed by atoms with E-state index in [-0.39, 0.29) is 41.5 Å². The Morgan fingerprint density at radius 2 is 1.64 bits per heavy atom. The van der Waals surface area contributed by atoms with E-state index in [1.807, 2.05) is 19.9 Å². The van der Waals surface area contributed by atoms with Gasteiger partial charge in [0.05, 0.1) is 29.6 Å². The molecule has 2 aliphatic heterocycles. The first-order chi connectivity index (χ1) is 13.4. The fourth-order valence-corrected chi connectivity index (χ4v) is 5.99. The van der Waals surface area contributed by atoms with Crippen molar-refractivity contribution in [3.05, 3.63) is 75.5 Å². The molecule has 0 aromatic heterocycles. The van der Waals surface area contributed by atoms with Crippen molar-refractivity contribution in [1.82, 2.24) is 0 Å². The van der Waals surface area contributed by atoms with Crippen LogP contribution in [0.3, 0.4) is 0 Å². The van der Waals surface area contributed by atoms with Crippen molar-refractivity contribution in [2.75, 3.05) is 0 Å². The van der Waals surface area contributed by atoms with E-state index >= 15 is 0 Å². The number of rotatable bonds is 2. The van der Waals surface area contributed by atoms with Crippen LogP contribution in [0.25, 0.3) is 5.57 Å². The van der Waals surface area contributed by atoms with Gasteiger partial charge in [-0.2, -0.15) is 0 Å². The number of hydrogen-bond donors (Lipinski definition) is 1. The summed E-state index contributed by atoms with van der Waals surface area (Å²) in [5.74, 6) is 0.0948. The maximum Gasteiger partial charge on any atom is 0.173 e. The lowest BCUT2D eigenvalue weighted by molar-refractivity contribution is -0.118. The SMILES string of the molecule is Cc1cc(C)c(C2=C(O)[C@@H]3[C@@H]4O[C@@H](C[C@H]4c4ccccc4C)[C@@H]3C2=O)c(C)c1. The topological polar surface area (TPSA) is 46.5 Å². The zero-order valence-corrected chi connectivity index (χ0v) is 16.8. The molecule has 0 radical (unpaired) electrons. The molecule has 3 nitrogen and oxygen atoms in total. The molecule has 28 heavy (non-hydrogen) atoms. The Labute approximate surface area is 166 Å². The molecule has 1 N–H and O–H groups in total. The summed E-state index contributed by atoms with van der Waals surface area (Å²) in [5.41, 5.74) is 7.26. The number of aliphatic hydroxyl groups is 1. The average molecular weight is 374 g/mol. The number of ether oxygens (including phenoxy) is 1. The Balaban J connectivity index is 1.59. The molecule has 2 saturated heterocycles. The van der Waals surface area contributed by atoms with Crippen LogP contribution in [0, 0.1) is 39.5 Å². The monoisotopic (exact) mass is 374 g/mol. The number of Topliss-reactive ketones (excluding diaryl/α,β-unsaturated/α-hetero) is 1. The van der Waals surface area contributed by atoms with E-state index in [9.17, 15) is 9.90 Å². The lowest BCUT2D eigenvalue weighted by atomic mass is 9.72. The van der Waals surface area contributed by atoms with Crippen molar-refractivity contribution in [1.29, 1.82) is 0 Å².